The van der Waals surface area contributed by atoms with Gasteiger partial charge in [0, 0.05) is 13.1 Å². The van der Waals surface area contributed by atoms with Gasteiger partial charge in [0.15, 0.2) is 0 Å². The maximum Gasteiger partial charge on any atom is 0.410 e. The van der Waals surface area contributed by atoms with Gasteiger partial charge in [-0.2, -0.15) is 0 Å². The van der Waals surface area contributed by atoms with Crippen molar-refractivity contribution in [2.45, 2.75) is 26.2 Å². The highest BCUT2D eigenvalue weighted by Crippen LogP contribution is 2.20. The molecule has 0 aliphatic carbocycles. The van der Waals surface area contributed by atoms with Gasteiger partial charge in [0.1, 0.15) is 6.61 Å². The summed E-state index contributed by atoms with van der Waals surface area (Å²) >= 11 is 0. The second kappa shape index (κ2) is 5.68. The molecule has 0 atom stereocenters. The van der Waals surface area contributed by atoms with E-state index in [1.54, 1.807) is 11.0 Å². The molecule has 1 heterocycles. The summed E-state index contributed by atoms with van der Waals surface area (Å²) in [6, 6.07) is 0. The predicted molar refractivity (Wildman–Crippen MR) is 56.1 cm³/mol. The van der Waals surface area contributed by atoms with E-state index in [0.717, 1.165) is 31.8 Å². The molecular weight excluding hydrogens is 178 g/mol. The molecule has 0 aromatic rings. The van der Waals surface area contributed by atoms with E-state index in [0.29, 0.717) is 6.61 Å². The second-order valence-corrected chi connectivity index (χ2v) is 3.70. The summed E-state index contributed by atoms with van der Waals surface area (Å²) in [5, 5.41) is 0. The lowest BCUT2D eigenvalue weighted by Crippen LogP contribution is -2.38. The van der Waals surface area contributed by atoms with Gasteiger partial charge in [-0.25, -0.2) is 4.79 Å². The monoisotopic (exact) mass is 197 g/mol. The Balaban J connectivity index is 2.26. The summed E-state index contributed by atoms with van der Waals surface area (Å²) in [5.74, 6) is 0.790. The van der Waals surface area contributed by atoms with Crippen LogP contribution in [-0.4, -0.2) is 30.7 Å². The lowest BCUT2D eigenvalue weighted by molar-refractivity contribution is 0.0958. The number of hydrogen-bond acceptors (Lipinski definition) is 2. The van der Waals surface area contributed by atoms with E-state index in [-0.39, 0.29) is 6.09 Å². The molecule has 14 heavy (non-hydrogen) atoms. The van der Waals surface area contributed by atoms with Crippen molar-refractivity contribution in [2.24, 2.45) is 5.92 Å². The van der Waals surface area contributed by atoms with Gasteiger partial charge in [-0.3, -0.25) is 0 Å². The van der Waals surface area contributed by atoms with Crippen LogP contribution in [0.2, 0.25) is 0 Å². The van der Waals surface area contributed by atoms with Crippen LogP contribution in [0.15, 0.2) is 12.7 Å². The number of nitrogens with zero attached hydrogens (tertiary/aromatic N) is 1. The fourth-order valence-electron chi connectivity index (χ4n) is 1.75. The topological polar surface area (TPSA) is 29.5 Å². The molecule has 80 valence electrons. The first-order valence-electron chi connectivity index (χ1n) is 5.30. The molecule has 1 aliphatic heterocycles. The molecule has 0 aromatic heterocycles. The van der Waals surface area contributed by atoms with Crippen LogP contribution in [0.4, 0.5) is 4.79 Å². The van der Waals surface area contributed by atoms with Crippen molar-refractivity contribution in [3.8, 4) is 0 Å². The number of rotatable bonds is 3. The first-order valence-corrected chi connectivity index (χ1v) is 5.30. The molecule has 1 amide bonds. The Labute approximate surface area is 85.7 Å². The molecule has 0 bridgehead atoms. The average molecular weight is 197 g/mol. The van der Waals surface area contributed by atoms with Gasteiger partial charge in [-0.05, 0) is 18.8 Å². The third-order valence-corrected chi connectivity index (χ3v) is 2.77. The first kappa shape index (κ1) is 11.1. The number of amides is 1. The third kappa shape index (κ3) is 3.05. The van der Waals surface area contributed by atoms with Crippen molar-refractivity contribution in [3.63, 3.8) is 0 Å². The number of ether oxygens (including phenoxy) is 1. The zero-order chi connectivity index (χ0) is 10.4. The molecule has 3 nitrogen and oxygen atoms in total. The molecule has 0 saturated carbocycles. The van der Waals surface area contributed by atoms with Crippen molar-refractivity contribution in [1.29, 1.82) is 0 Å². The number of carbonyl (C=O) groups is 1. The van der Waals surface area contributed by atoms with Crippen molar-refractivity contribution >= 4 is 6.09 Å². The van der Waals surface area contributed by atoms with Crippen LogP contribution in [-0.2, 0) is 4.74 Å². The molecule has 1 fully saturated rings. The average Bonchev–Trinajstić information content (AvgIpc) is 2.26. The van der Waals surface area contributed by atoms with E-state index in [1.807, 2.05) is 0 Å². The highest BCUT2D eigenvalue weighted by Gasteiger charge is 2.22. The van der Waals surface area contributed by atoms with Crippen LogP contribution in [0.25, 0.3) is 0 Å². The van der Waals surface area contributed by atoms with Gasteiger partial charge in [0.2, 0.25) is 0 Å². The molecular formula is C11H19NO2. The Morgan fingerprint density at radius 2 is 2.21 bits per heavy atom. The summed E-state index contributed by atoms with van der Waals surface area (Å²) in [7, 11) is 0. The van der Waals surface area contributed by atoms with E-state index in [9.17, 15) is 4.79 Å². The largest absolute Gasteiger partial charge is 0.445 e. The van der Waals surface area contributed by atoms with Crippen LogP contribution < -0.4 is 0 Å². The smallest absolute Gasteiger partial charge is 0.410 e. The van der Waals surface area contributed by atoms with Gasteiger partial charge in [-0.15, -0.1) is 0 Å². The molecule has 0 radical (unpaired) electrons. The van der Waals surface area contributed by atoms with Gasteiger partial charge in [0.25, 0.3) is 0 Å². The summed E-state index contributed by atoms with van der Waals surface area (Å²) in [6.45, 7) is 7.71. The van der Waals surface area contributed by atoms with E-state index >= 15 is 0 Å². The number of piperidine rings is 1. The van der Waals surface area contributed by atoms with E-state index in [1.165, 1.54) is 6.42 Å². The molecule has 1 saturated heterocycles. The lowest BCUT2D eigenvalue weighted by Gasteiger charge is -2.30. The molecule has 1 rings (SSSR count). The summed E-state index contributed by atoms with van der Waals surface area (Å²) in [6.07, 6.45) is 4.84. The first-order chi connectivity index (χ1) is 6.77. The maximum atomic E-state index is 11.4. The van der Waals surface area contributed by atoms with Crippen molar-refractivity contribution in [1.82, 2.24) is 4.90 Å². The highest BCUT2D eigenvalue weighted by atomic mass is 16.6. The zero-order valence-electron chi connectivity index (χ0n) is 8.87. The third-order valence-electron chi connectivity index (χ3n) is 2.77. The molecule has 0 spiro atoms. The Morgan fingerprint density at radius 1 is 1.57 bits per heavy atom. The Hall–Kier alpha value is -0.990. The number of carbonyl (C=O) groups excluding carboxylic acids is 1. The summed E-state index contributed by atoms with van der Waals surface area (Å²) in [4.78, 5) is 13.2. The fourth-order valence-corrected chi connectivity index (χ4v) is 1.75. The minimum absolute atomic E-state index is 0.195. The Bertz CT molecular complexity index is 195. The van der Waals surface area contributed by atoms with E-state index in [2.05, 4.69) is 13.5 Å². The number of hydrogen-bond donors (Lipinski definition) is 0. The minimum Gasteiger partial charge on any atom is -0.445 e. The molecule has 0 unspecified atom stereocenters. The van der Waals surface area contributed by atoms with Crippen LogP contribution in [0.1, 0.15) is 26.2 Å². The molecule has 3 heteroatoms. The predicted octanol–water partition coefficient (Wildman–Crippen LogP) is 2.43. The highest BCUT2D eigenvalue weighted by molar-refractivity contribution is 5.67. The zero-order valence-corrected chi connectivity index (χ0v) is 8.87. The maximum absolute atomic E-state index is 11.4. The van der Waals surface area contributed by atoms with Crippen LogP contribution in [0.5, 0.6) is 0 Å². The SMILES string of the molecule is C=CCOC(=O)N1CCC(CC)CC1. The molecule has 0 aromatic carbocycles. The Morgan fingerprint density at radius 3 is 2.71 bits per heavy atom. The van der Waals surface area contributed by atoms with Gasteiger partial charge >= 0.3 is 6.09 Å². The van der Waals surface area contributed by atoms with Gasteiger partial charge in [-0.1, -0.05) is 26.0 Å². The van der Waals surface area contributed by atoms with Crippen molar-refractivity contribution in [2.75, 3.05) is 19.7 Å². The minimum atomic E-state index is -0.195. The van der Waals surface area contributed by atoms with E-state index in [4.69, 9.17) is 4.74 Å². The van der Waals surface area contributed by atoms with Crippen LogP contribution in [0.3, 0.4) is 0 Å². The van der Waals surface area contributed by atoms with E-state index < -0.39 is 0 Å². The van der Waals surface area contributed by atoms with Gasteiger partial charge in [0.05, 0.1) is 0 Å². The molecule has 1 aliphatic rings. The number of likely N-dealkylation sites (tertiary alicyclic amines) is 1. The van der Waals surface area contributed by atoms with Crippen molar-refractivity contribution in [3.05, 3.63) is 12.7 Å². The van der Waals surface area contributed by atoms with Crippen LogP contribution >= 0.6 is 0 Å². The Kier molecular flexibility index (Phi) is 4.50. The fraction of sp³-hybridized carbons (Fsp3) is 0.727. The van der Waals surface area contributed by atoms with Gasteiger partial charge < -0.3 is 9.64 Å². The second-order valence-electron chi connectivity index (χ2n) is 3.70. The van der Waals surface area contributed by atoms with Crippen LogP contribution in [0, 0.1) is 5.92 Å². The molecule has 0 N–H and O–H groups in total. The van der Waals surface area contributed by atoms with Crippen molar-refractivity contribution < 1.29 is 9.53 Å². The standard InChI is InChI=1S/C11H19NO2/c1-3-9-14-11(13)12-7-5-10(4-2)6-8-12/h3,10H,1,4-9H2,2H3. The lowest BCUT2D eigenvalue weighted by atomic mass is 9.95. The summed E-state index contributed by atoms with van der Waals surface area (Å²) in [5.41, 5.74) is 0. The normalized spacial score (nSPS) is 17.9. The summed E-state index contributed by atoms with van der Waals surface area (Å²) < 4.78 is 4.97. The quantitative estimate of drug-likeness (QED) is 0.650.